The van der Waals surface area contributed by atoms with Crippen molar-refractivity contribution in [1.29, 1.82) is 0 Å². The summed E-state index contributed by atoms with van der Waals surface area (Å²) < 4.78 is 0. The highest BCUT2D eigenvalue weighted by molar-refractivity contribution is 5.26. The normalized spacial score (nSPS) is 12.1. The first-order valence-corrected chi connectivity index (χ1v) is 8.57. The Morgan fingerprint density at radius 1 is 1.04 bits per heavy atom. The molecule has 0 aliphatic carbocycles. The molecule has 0 aliphatic rings. The van der Waals surface area contributed by atoms with Crippen molar-refractivity contribution in [1.82, 2.24) is 0 Å². The second kappa shape index (κ2) is 14.7. The van der Waals surface area contributed by atoms with Crippen molar-refractivity contribution in [3.8, 4) is 0 Å². The lowest BCUT2D eigenvalue weighted by Gasteiger charge is -2.25. The van der Waals surface area contributed by atoms with E-state index in [0.29, 0.717) is 5.92 Å². The van der Waals surface area contributed by atoms with Gasteiger partial charge in [-0.2, -0.15) is 0 Å². The van der Waals surface area contributed by atoms with Crippen LogP contribution in [0.3, 0.4) is 0 Å². The van der Waals surface area contributed by atoms with Crippen LogP contribution in [0.2, 0.25) is 0 Å². The molecular weight excluding hydrogens is 287 g/mol. The van der Waals surface area contributed by atoms with E-state index in [0.717, 1.165) is 24.0 Å². The third-order valence-corrected chi connectivity index (χ3v) is 3.46. The molecule has 0 fully saturated rings. The number of rotatable bonds is 5. The Labute approximate surface area is 146 Å². The van der Waals surface area contributed by atoms with Gasteiger partial charge in [0.25, 0.3) is 0 Å². The van der Waals surface area contributed by atoms with Gasteiger partial charge in [0.05, 0.1) is 5.60 Å². The summed E-state index contributed by atoms with van der Waals surface area (Å²) >= 11 is 0. The lowest BCUT2D eigenvalue weighted by molar-refractivity contribution is 0.0211. The highest BCUT2D eigenvalue weighted by atomic mass is 19.0. The van der Waals surface area contributed by atoms with Gasteiger partial charge < -0.3 is 5.11 Å². The summed E-state index contributed by atoms with van der Waals surface area (Å²) in [7, 11) is 0. The summed E-state index contributed by atoms with van der Waals surface area (Å²) in [6.07, 6.45) is 6.30. The van der Waals surface area contributed by atoms with Crippen molar-refractivity contribution in [3.05, 3.63) is 36.5 Å². The number of hydrogen-bond donors (Lipinski definition) is 1. The third-order valence-electron chi connectivity index (χ3n) is 3.46. The van der Waals surface area contributed by atoms with Gasteiger partial charge in [-0.05, 0) is 44.1 Å². The van der Waals surface area contributed by atoms with Gasteiger partial charge in [-0.1, -0.05) is 85.8 Å². The second-order valence-electron chi connectivity index (χ2n) is 7.30. The Morgan fingerprint density at radius 3 is 1.61 bits per heavy atom. The third kappa shape index (κ3) is 21.1. The Bertz CT molecular complexity index is 327. The SMILES string of the molecule is C=C(C)/C=C\C(=C)C(C)(C)C.CC.CCCC(C)C(C)(C)O.F. The van der Waals surface area contributed by atoms with Crippen LogP contribution >= 0.6 is 0 Å². The van der Waals surface area contributed by atoms with Gasteiger partial charge in [0.1, 0.15) is 0 Å². The van der Waals surface area contributed by atoms with E-state index in [2.05, 4.69) is 47.8 Å². The molecule has 1 unspecified atom stereocenters. The molecule has 0 saturated carbocycles. The number of allylic oxidation sites excluding steroid dienone is 4. The van der Waals surface area contributed by atoms with Crippen LogP contribution in [0.5, 0.6) is 0 Å². The van der Waals surface area contributed by atoms with Crippen LogP contribution in [-0.2, 0) is 0 Å². The van der Waals surface area contributed by atoms with Crippen molar-refractivity contribution in [3.63, 3.8) is 0 Å². The van der Waals surface area contributed by atoms with Crippen molar-refractivity contribution in [2.75, 3.05) is 0 Å². The zero-order chi connectivity index (χ0) is 18.6. The Hall–Kier alpha value is -0.890. The zero-order valence-corrected chi connectivity index (χ0v) is 17.4. The molecule has 0 amide bonds. The molecule has 1 N–H and O–H groups in total. The highest BCUT2D eigenvalue weighted by Crippen LogP contribution is 2.24. The summed E-state index contributed by atoms with van der Waals surface area (Å²) in [5.74, 6) is 0.419. The largest absolute Gasteiger partial charge is 0.390 e. The van der Waals surface area contributed by atoms with Crippen molar-refractivity contribution < 1.29 is 9.81 Å². The first-order valence-electron chi connectivity index (χ1n) is 8.57. The van der Waals surface area contributed by atoms with Gasteiger partial charge in [0.2, 0.25) is 0 Å². The predicted octanol–water partition coefficient (Wildman–Crippen LogP) is 7.09. The summed E-state index contributed by atoms with van der Waals surface area (Å²) in [4.78, 5) is 0. The van der Waals surface area contributed by atoms with Gasteiger partial charge in [-0.25, -0.2) is 0 Å². The Balaban J connectivity index is -0.000000138. The average Bonchev–Trinajstić information content (AvgIpc) is 2.37. The van der Waals surface area contributed by atoms with Gasteiger partial charge in [0, 0.05) is 0 Å². The van der Waals surface area contributed by atoms with Gasteiger partial charge in [-0.15, -0.1) is 0 Å². The molecule has 1 atom stereocenters. The second-order valence-corrected chi connectivity index (χ2v) is 7.30. The number of hydrogen-bond acceptors (Lipinski definition) is 1. The monoisotopic (exact) mass is 330 g/mol. The molecule has 23 heavy (non-hydrogen) atoms. The summed E-state index contributed by atoms with van der Waals surface area (Å²) in [6, 6.07) is 0. The van der Waals surface area contributed by atoms with Gasteiger partial charge in [0.15, 0.2) is 0 Å². The minimum absolute atomic E-state index is 0. The van der Waals surface area contributed by atoms with E-state index in [4.69, 9.17) is 0 Å². The number of halogens is 1. The van der Waals surface area contributed by atoms with E-state index in [9.17, 15) is 5.11 Å². The Kier molecular flexibility index (Phi) is 19.2. The van der Waals surface area contributed by atoms with Crippen LogP contribution in [0.1, 0.15) is 82.1 Å². The van der Waals surface area contributed by atoms with E-state index < -0.39 is 5.60 Å². The van der Waals surface area contributed by atoms with Crippen molar-refractivity contribution in [2.24, 2.45) is 11.3 Å². The average molecular weight is 331 g/mol. The molecule has 0 heterocycles. The molecule has 2 heteroatoms. The van der Waals surface area contributed by atoms with E-state index in [-0.39, 0.29) is 10.1 Å². The lowest BCUT2D eigenvalue weighted by atomic mass is 9.87. The highest BCUT2D eigenvalue weighted by Gasteiger charge is 2.20. The topological polar surface area (TPSA) is 20.2 Å². The van der Waals surface area contributed by atoms with Crippen LogP contribution in [0.25, 0.3) is 0 Å². The fraction of sp³-hybridized carbons (Fsp3) is 0.714. The molecule has 0 aliphatic heterocycles. The molecule has 0 aromatic heterocycles. The molecule has 0 bridgehead atoms. The van der Waals surface area contributed by atoms with Crippen LogP contribution < -0.4 is 0 Å². The maximum Gasteiger partial charge on any atom is 0.0617 e. The van der Waals surface area contributed by atoms with E-state index in [1.807, 2.05) is 46.8 Å². The minimum Gasteiger partial charge on any atom is -0.390 e. The maximum absolute atomic E-state index is 9.42. The first-order chi connectivity index (χ1) is 9.82. The van der Waals surface area contributed by atoms with Crippen LogP contribution in [0.15, 0.2) is 36.5 Å². The molecule has 0 rings (SSSR count). The Morgan fingerprint density at radius 2 is 1.43 bits per heavy atom. The van der Waals surface area contributed by atoms with Crippen molar-refractivity contribution >= 4 is 0 Å². The van der Waals surface area contributed by atoms with Crippen LogP contribution in [-0.4, -0.2) is 10.7 Å². The molecular formula is C21H43FO. The minimum atomic E-state index is -0.490. The first kappa shape index (κ1) is 30.0. The van der Waals surface area contributed by atoms with Crippen LogP contribution in [0.4, 0.5) is 4.70 Å². The van der Waals surface area contributed by atoms with Crippen LogP contribution in [0, 0.1) is 11.3 Å². The van der Waals surface area contributed by atoms with Crippen molar-refractivity contribution in [2.45, 2.75) is 87.7 Å². The molecule has 0 spiro atoms. The fourth-order valence-corrected chi connectivity index (χ4v) is 1.28. The molecule has 0 saturated heterocycles. The summed E-state index contributed by atoms with van der Waals surface area (Å²) in [5.41, 5.74) is 1.89. The molecule has 0 aromatic rings. The quantitative estimate of drug-likeness (QED) is 0.533. The van der Waals surface area contributed by atoms with Gasteiger partial charge in [-0.3, -0.25) is 4.70 Å². The maximum atomic E-state index is 9.42. The van der Waals surface area contributed by atoms with E-state index in [1.165, 1.54) is 0 Å². The molecule has 1 nitrogen and oxygen atoms in total. The molecule has 0 radical (unpaired) electrons. The fourth-order valence-electron chi connectivity index (χ4n) is 1.28. The summed E-state index contributed by atoms with van der Waals surface area (Å²) in [6.45, 7) is 28.1. The zero-order valence-electron chi connectivity index (χ0n) is 17.4. The lowest BCUT2D eigenvalue weighted by Crippen LogP contribution is -2.28. The molecule has 140 valence electrons. The standard InChI is InChI=1S/C11H18.C8H18O.C2H6.FH/c1-9(2)7-8-10(3)11(4,5)6;1-5-6-7(2)8(3,4)9;1-2;/h7-8H,1,3H2,2,4-6H3;7,9H,5-6H2,1-4H3;1-2H3;1H/b8-7-;;;. The predicted molar refractivity (Wildman–Crippen MR) is 107 cm³/mol. The smallest absolute Gasteiger partial charge is 0.0617 e. The van der Waals surface area contributed by atoms with E-state index in [1.54, 1.807) is 0 Å². The summed E-state index contributed by atoms with van der Waals surface area (Å²) in [5, 5.41) is 9.42. The number of aliphatic hydroxyl groups is 1. The van der Waals surface area contributed by atoms with E-state index >= 15 is 0 Å². The molecule has 0 aromatic carbocycles. The van der Waals surface area contributed by atoms with Gasteiger partial charge >= 0.3 is 0 Å².